The van der Waals surface area contributed by atoms with Crippen molar-refractivity contribution in [3.05, 3.63) is 85.1 Å². The fourth-order valence-electron chi connectivity index (χ4n) is 6.93. The molecule has 0 spiro atoms. The smallest absolute Gasteiger partial charge is 0.462 e. The first-order chi connectivity index (χ1) is 32.6. The van der Waals surface area contributed by atoms with Crippen LogP contribution in [0.3, 0.4) is 0 Å². The Morgan fingerprint density at radius 3 is 1.46 bits per heavy atom. The van der Waals surface area contributed by atoms with Crippen molar-refractivity contribution in [1.82, 2.24) is 0 Å². The van der Waals surface area contributed by atoms with E-state index in [-0.39, 0.29) is 25.0 Å². The molecule has 388 valence electrons. The van der Waals surface area contributed by atoms with Gasteiger partial charge in [0.1, 0.15) is 43.2 Å². The lowest BCUT2D eigenvalue weighted by Gasteiger charge is -2.43. The molecule has 0 radical (unpaired) electrons. The molecule has 0 bridgehead atoms. The van der Waals surface area contributed by atoms with E-state index >= 15 is 0 Å². The Bertz CT molecular complexity index is 1700. The molecule has 0 amide bonds. The SMILES string of the molecule is CCCCC/C=C\C/C=C\C/C=C\C/C=C\CCCC(=O)OC[C@H](COP(=O)(O)O[C@H]1C(O)C(O)C(O)[C@@H](OP(=O)(O)O)C1O)OC(=O)CCC/C=C\C/C=C\CC1OC1C/C=C\CCCCC. The standard InChI is InChI=1S/C49H80O17P2/c1-3-5-7-9-11-12-13-14-15-16-17-18-19-20-23-27-31-35-42(50)61-37-39(38-62-68(59,60)66-49-46(54)44(52)45(53)48(47(49)55)65-67(56,57)58)63-43(51)36-32-28-24-21-22-26-30-34-41-40(64-41)33-29-25-10-8-6-4-2/h11-12,14-15,17-18,20-21,23-26,29-30,39-41,44-49,52-55H,3-10,13,16,19,22,27-28,31-38H2,1-2H3,(H,59,60)(H2,56,57,58)/b12-11-,15-14-,18-17-,23-20-,24-21-,29-25-,30-26-/t39-,40?,41?,44?,45?,46?,47?,48-,49+/m1/s1. The minimum absolute atomic E-state index is 0.0257. The lowest BCUT2D eigenvalue weighted by molar-refractivity contribution is -0.216. The Kier molecular flexibility index (Phi) is 32.5. The summed E-state index contributed by atoms with van der Waals surface area (Å²) in [4.78, 5) is 54.3. The molecule has 17 nitrogen and oxygen atoms in total. The van der Waals surface area contributed by atoms with E-state index < -0.39 is 83.5 Å². The van der Waals surface area contributed by atoms with Crippen LogP contribution >= 0.6 is 15.6 Å². The van der Waals surface area contributed by atoms with Crippen LogP contribution in [0, 0.1) is 0 Å². The van der Waals surface area contributed by atoms with Crippen LogP contribution in [0.4, 0.5) is 0 Å². The van der Waals surface area contributed by atoms with Crippen molar-refractivity contribution in [2.75, 3.05) is 13.2 Å². The molecule has 0 aromatic rings. The molecule has 1 aliphatic heterocycles. The average molecular weight is 1000 g/mol. The molecule has 0 aromatic carbocycles. The van der Waals surface area contributed by atoms with Gasteiger partial charge in [0.15, 0.2) is 6.10 Å². The summed E-state index contributed by atoms with van der Waals surface area (Å²) in [6.07, 6.45) is 31.5. The summed E-state index contributed by atoms with van der Waals surface area (Å²) in [5.41, 5.74) is 0. The number of aliphatic hydroxyl groups is 4. The third-order valence-electron chi connectivity index (χ3n) is 10.8. The van der Waals surface area contributed by atoms with Crippen molar-refractivity contribution < 1.29 is 81.6 Å². The van der Waals surface area contributed by atoms with Crippen LogP contribution in [0.5, 0.6) is 0 Å². The highest BCUT2D eigenvalue weighted by atomic mass is 31.2. The molecule has 19 heteroatoms. The van der Waals surface area contributed by atoms with Crippen LogP contribution < -0.4 is 0 Å². The number of allylic oxidation sites excluding steroid dienone is 12. The van der Waals surface area contributed by atoms with Crippen molar-refractivity contribution in [2.45, 2.75) is 197 Å². The van der Waals surface area contributed by atoms with E-state index in [0.29, 0.717) is 32.1 Å². The van der Waals surface area contributed by atoms with Gasteiger partial charge < -0.3 is 49.3 Å². The summed E-state index contributed by atoms with van der Waals surface area (Å²) in [6.45, 7) is 2.94. The van der Waals surface area contributed by atoms with Gasteiger partial charge in [-0.2, -0.15) is 0 Å². The highest BCUT2D eigenvalue weighted by Gasteiger charge is 2.54. The number of epoxide rings is 1. The summed E-state index contributed by atoms with van der Waals surface area (Å²) >= 11 is 0. The van der Waals surface area contributed by atoms with Gasteiger partial charge in [-0.3, -0.25) is 23.2 Å². The number of aliphatic hydroxyl groups excluding tert-OH is 4. The van der Waals surface area contributed by atoms with Crippen molar-refractivity contribution >= 4 is 27.6 Å². The highest BCUT2D eigenvalue weighted by Crippen LogP contribution is 2.49. The van der Waals surface area contributed by atoms with Gasteiger partial charge in [-0.25, -0.2) is 9.13 Å². The Morgan fingerprint density at radius 2 is 0.956 bits per heavy atom. The van der Waals surface area contributed by atoms with Crippen LogP contribution in [-0.4, -0.2) is 115 Å². The van der Waals surface area contributed by atoms with Crippen LogP contribution in [0.25, 0.3) is 0 Å². The van der Waals surface area contributed by atoms with Crippen LogP contribution in [0.2, 0.25) is 0 Å². The lowest BCUT2D eigenvalue weighted by atomic mass is 9.85. The number of unbranched alkanes of at least 4 members (excludes halogenated alkanes) is 8. The molecule has 2 aliphatic rings. The van der Waals surface area contributed by atoms with Crippen molar-refractivity contribution in [3.63, 3.8) is 0 Å². The zero-order valence-corrected chi connectivity index (χ0v) is 41.7. The van der Waals surface area contributed by atoms with Crippen LogP contribution in [-0.2, 0) is 46.5 Å². The van der Waals surface area contributed by atoms with Gasteiger partial charge in [0.2, 0.25) is 0 Å². The van der Waals surface area contributed by atoms with Gasteiger partial charge in [-0.1, -0.05) is 125 Å². The third kappa shape index (κ3) is 29.4. The largest absolute Gasteiger partial charge is 0.472 e. The van der Waals surface area contributed by atoms with Crippen LogP contribution in [0.15, 0.2) is 85.1 Å². The molecule has 7 unspecified atom stereocenters. The summed E-state index contributed by atoms with van der Waals surface area (Å²) in [5.74, 6) is -1.35. The van der Waals surface area contributed by atoms with E-state index in [1.807, 2.05) is 24.3 Å². The Balaban J connectivity index is 1.84. The second kappa shape index (κ2) is 36.1. The van der Waals surface area contributed by atoms with Gasteiger partial charge in [0.25, 0.3) is 0 Å². The summed E-state index contributed by atoms with van der Waals surface area (Å²) in [7, 11) is -10.7. The van der Waals surface area contributed by atoms with E-state index in [4.69, 9.17) is 23.3 Å². The average Bonchev–Trinajstić information content (AvgIpc) is 4.05. The monoisotopic (exact) mass is 1000 g/mol. The quantitative estimate of drug-likeness (QED) is 0.0101. The van der Waals surface area contributed by atoms with E-state index in [9.17, 15) is 53.8 Å². The molecule has 1 aliphatic carbocycles. The minimum atomic E-state index is -5.38. The first-order valence-corrected chi connectivity index (χ1v) is 27.3. The second-order valence-corrected chi connectivity index (χ2v) is 19.5. The molecule has 2 rings (SSSR count). The second-order valence-electron chi connectivity index (χ2n) is 16.9. The molecular formula is C49H80O17P2. The van der Waals surface area contributed by atoms with Gasteiger partial charge in [0, 0.05) is 12.8 Å². The fraction of sp³-hybridized carbons (Fsp3) is 0.673. The first kappa shape index (κ1) is 61.3. The zero-order chi connectivity index (χ0) is 50.0. The van der Waals surface area contributed by atoms with Crippen molar-refractivity contribution in [3.8, 4) is 0 Å². The number of carbonyl (C=O) groups is 2. The highest BCUT2D eigenvalue weighted by molar-refractivity contribution is 7.47. The number of ether oxygens (including phenoxy) is 3. The summed E-state index contributed by atoms with van der Waals surface area (Å²) in [6, 6.07) is 0. The molecule has 10 atom stereocenters. The molecule has 0 aromatic heterocycles. The number of carbonyl (C=O) groups excluding carboxylic acids is 2. The summed E-state index contributed by atoms with van der Waals surface area (Å²) < 4.78 is 55.0. The predicted octanol–water partition coefficient (Wildman–Crippen LogP) is 8.38. The van der Waals surface area contributed by atoms with E-state index in [1.54, 1.807) is 0 Å². The van der Waals surface area contributed by atoms with Gasteiger partial charge >= 0.3 is 27.6 Å². The summed E-state index contributed by atoms with van der Waals surface area (Å²) in [5, 5.41) is 41.3. The number of hydrogen-bond acceptors (Lipinski definition) is 14. The maximum Gasteiger partial charge on any atom is 0.472 e. The molecule has 7 N–H and O–H groups in total. The number of hydrogen-bond donors (Lipinski definition) is 7. The molecule has 1 saturated heterocycles. The number of phosphoric ester groups is 2. The molecule has 1 heterocycles. The molecule has 68 heavy (non-hydrogen) atoms. The molecule has 2 fully saturated rings. The molecular weight excluding hydrogens is 922 g/mol. The normalized spacial score (nSPS) is 25.0. The molecule has 1 saturated carbocycles. The van der Waals surface area contributed by atoms with E-state index in [0.717, 1.165) is 44.9 Å². The van der Waals surface area contributed by atoms with E-state index in [1.165, 1.54) is 38.5 Å². The zero-order valence-electron chi connectivity index (χ0n) is 39.9. The number of phosphoric acid groups is 2. The Labute approximate surface area is 403 Å². The Morgan fingerprint density at radius 1 is 0.529 bits per heavy atom. The first-order valence-electron chi connectivity index (χ1n) is 24.3. The number of rotatable bonds is 38. The maximum atomic E-state index is 13.0. The van der Waals surface area contributed by atoms with Gasteiger partial charge in [0.05, 0.1) is 18.8 Å². The van der Waals surface area contributed by atoms with Crippen LogP contribution in [0.1, 0.15) is 142 Å². The topological polar surface area (TPSA) is 269 Å². The van der Waals surface area contributed by atoms with Gasteiger partial charge in [-0.05, 0) is 89.9 Å². The van der Waals surface area contributed by atoms with E-state index in [2.05, 4.69) is 79.1 Å². The lowest BCUT2D eigenvalue weighted by Crippen LogP contribution is -2.64. The third-order valence-corrected chi connectivity index (χ3v) is 12.3. The van der Waals surface area contributed by atoms with Crippen molar-refractivity contribution in [1.29, 1.82) is 0 Å². The Hall–Kier alpha value is -2.86. The minimum Gasteiger partial charge on any atom is -0.462 e. The van der Waals surface area contributed by atoms with Gasteiger partial charge in [-0.15, -0.1) is 0 Å². The predicted molar refractivity (Wildman–Crippen MR) is 259 cm³/mol. The maximum absolute atomic E-state index is 13.0. The number of esters is 2. The fourth-order valence-corrected chi connectivity index (χ4v) is 8.47. The van der Waals surface area contributed by atoms with Crippen molar-refractivity contribution in [2.24, 2.45) is 0 Å².